The number of carboxylic acids is 1. The molecule has 5 rings (SSSR count). The second kappa shape index (κ2) is 8.28. The van der Waals surface area contributed by atoms with Crippen LogP contribution in [0.2, 0.25) is 5.02 Å². The maximum atomic E-state index is 13.7. The van der Waals surface area contributed by atoms with Gasteiger partial charge in [-0.05, 0) is 42.8 Å². The average Bonchev–Trinajstić information content (AvgIpc) is 3.42. The Labute approximate surface area is 199 Å². The van der Waals surface area contributed by atoms with Gasteiger partial charge >= 0.3 is 5.97 Å². The highest BCUT2D eigenvalue weighted by Gasteiger charge is 2.22. The summed E-state index contributed by atoms with van der Waals surface area (Å²) < 4.78 is 3.21. The van der Waals surface area contributed by atoms with Gasteiger partial charge in [0.2, 0.25) is 0 Å². The Morgan fingerprint density at radius 1 is 1.00 bits per heavy atom. The fourth-order valence-electron chi connectivity index (χ4n) is 3.98. The van der Waals surface area contributed by atoms with Crippen LogP contribution in [0.15, 0.2) is 73.2 Å². The van der Waals surface area contributed by atoms with E-state index in [0.717, 1.165) is 22.2 Å². The molecule has 0 unspecified atom stereocenters. The van der Waals surface area contributed by atoms with Gasteiger partial charge in [-0.2, -0.15) is 9.78 Å². The number of hydrogen-bond acceptors (Lipinski definition) is 4. The van der Waals surface area contributed by atoms with Crippen molar-refractivity contribution in [3.8, 4) is 22.5 Å². The van der Waals surface area contributed by atoms with E-state index in [-0.39, 0.29) is 11.5 Å². The summed E-state index contributed by atoms with van der Waals surface area (Å²) in [5, 5.41) is 15.0. The van der Waals surface area contributed by atoms with Crippen molar-refractivity contribution in [1.82, 2.24) is 19.3 Å². The highest BCUT2D eigenvalue weighted by molar-refractivity contribution is 6.34. The molecule has 2 aromatic heterocycles. The zero-order valence-corrected chi connectivity index (χ0v) is 19.1. The number of imidazole rings is 1. The molecule has 0 atom stereocenters. The molecule has 0 aliphatic heterocycles. The van der Waals surface area contributed by atoms with E-state index in [4.69, 9.17) is 11.6 Å². The predicted molar refractivity (Wildman–Crippen MR) is 130 cm³/mol. The minimum absolute atomic E-state index is 0.174. The summed E-state index contributed by atoms with van der Waals surface area (Å²) in [6.07, 6.45) is 3.61. The Balaban J connectivity index is 1.74. The fourth-order valence-corrected chi connectivity index (χ4v) is 4.29. The minimum atomic E-state index is -1.01. The van der Waals surface area contributed by atoms with Crippen molar-refractivity contribution in [2.45, 2.75) is 6.92 Å². The van der Waals surface area contributed by atoms with E-state index in [0.29, 0.717) is 27.4 Å². The number of aromatic nitrogens is 4. The number of fused-ring (bicyclic) bond motifs is 1. The van der Waals surface area contributed by atoms with Crippen LogP contribution >= 0.6 is 11.6 Å². The van der Waals surface area contributed by atoms with Crippen LogP contribution in [0.25, 0.3) is 33.4 Å². The van der Waals surface area contributed by atoms with Crippen LogP contribution < -0.4 is 0 Å². The lowest BCUT2D eigenvalue weighted by Crippen LogP contribution is -2.15. The molecule has 0 spiro atoms. The summed E-state index contributed by atoms with van der Waals surface area (Å²) in [7, 11) is 1.89. The Bertz CT molecular complexity index is 1560. The van der Waals surface area contributed by atoms with Gasteiger partial charge in [-0.25, -0.2) is 9.78 Å². The number of aryl methyl sites for hydroxylation is 2. The summed E-state index contributed by atoms with van der Waals surface area (Å²) in [4.78, 5) is 29.3. The highest BCUT2D eigenvalue weighted by atomic mass is 35.5. The van der Waals surface area contributed by atoms with Gasteiger partial charge in [0.1, 0.15) is 5.69 Å². The van der Waals surface area contributed by atoms with Gasteiger partial charge in [-0.15, -0.1) is 0 Å². The van der Waals surface area contributed by atoms with Crippen LogP contribution in [-0.2, 0) is 7.05 Å². The molecule has 3 aromatic carbocycles. The molecule has 8 heteroatoms. The third-order valence-corrected chi connectivity index (χ3v) is 6.03. The van der Waals surface area contributed by atoms with Gasteiger partial charge in [0.25, 0.3) is 5.91 Å². The van der Waals surface area contributed by atoms with Gasteiger partial charge in [-0.3, -0.25) is 4.79 Å². The number of hydrogen-bond donors (Lipinski definition) is 1. The van der Waals surface area contributed by atoms with Gasteiger partial charge in [0, 0.05) is 29.8 Å². The number of rotatable bonds is 4. The molecule has 34 heavy (non-hydrogen) atoms. The topological polar surface area (TPSA) is 90.0 Å². The second-order valence-electron chi connectivity index (χ2n) is 8.04. The molecule has 0 radical (unpaired) electrons. The van der Waals surface area contributed by atoms with Crippen molar-refractivity contribution < 1.29 is 14.7 Å². The first-order valence-electron chi connectivity index (χ1n) is 10.5. The summed E-state index contributed by atoms with van der Waals surface area (Å²) in [6.45, 7) is 1.83. The molecule has 2 heterocycles. The van der Waals surface area contributed by atoms with Crippen molar-refractivity contribution in [1.29, 1.82) is 0 Å². The van der Waals surface area contributed by atoms with E-state index in [1.807, 2.05) is 49.0 Å². The molecule has 5 aromatic rings. The zero-order valence-electron chi connectivity index (χ0n) is 18.4. The van der Waals surface area contributed by atoms with Crippen molar-refractivity contribution in [2.24, 2.45) is 7.05 Å². The number of halogens is 1. The van der Waals surface area contributed by atoms with E-state index >= 15 is 0 Å². The van der Waals surface area contributed by atoms with E-state index in [9.17, 15) is 14.7 Å². The molecular weight excluding hydrogens is 452 g/mol. The zero-order chi connectivity index (χ0) is 24.0. The van der Waals surface area contributed by atoms with Gasteiger partial charge in [0.15, 0.2) is 0 Å². The maximum Gasteiger partial charge on any atom is 0.335 e. The summed E-state index contributed by atoms with van der Waals surface area (Å²) in [5.41, 5.74) is 4.77. The van der Waals surface area contributed by atoms with Crippen LogP contribution in [0.5, 0.6) is 0 Å². The Morgan fingerprint density at radius 3 is 2.38 bits per heavy atom. The number of benzene rings is 3. The molecule has 0 amide bonds. The number of carboxylic acid groups (broad SMARTS) is 1. The van der Waals surface area contributed by atoms with Gasteiger partial charge in [0.05, 0.1) is 33.7 Å². The molecule has 1 N–H and O–H groups in total. The minimum Gasteiger partial charge on any atom is -0.478 e. The molecule has 0 aliphatic rings. The fraction of sp³-hybridized carbons (Fsp3) is 0.0769. The van der Waals surface area contributed by atoms with Crippen LogP contribution in [-0.4, -0.2) is 36.3 Å². The van der Waals surface area contributed by atoms with E-state index in [1.165, 1.54) is 16.8 Å². The van der Waals surface area contributed by atoms with Crippen molar-refractivity contribution in [3.63, 3.8) is 0 Å². The molecular formula is C26H19ClN4O3. The van der Waals surface area contributed by atoms with Crippen molar-refractivity contribution in [2.75, 3.05) is 0 Å². The maximum absolute atomic E-state index is 13.7. The third kappa shape index (κ3) is 3.66. The smallest absolute Gasteiger partial charge is 0.335 e. The highest BCUT2D eigenvalue weighted by Crippen LogP contribution is 2.33. The number of aromatic carboxylic acids is 1. The van der Waals surface area contributed by atoms with E-state index in [1.54, 1.807) is 30.6 Å². The number of nitrogens with zero attached hydrogens (tertiary/aromatic N) is 4. The first kappa shape index (κ1) is 21.6. The Hall–Kier alpha value is -4.23. The first-order valence-corrected chi connectivity index (χ1v) is 10.9. The average molecular weight is 471 g/mol. The summed E-state index contributed by atoms with van der Waals surface area (Å²) in [5.74, 6) is -1.36. The number of carbonyl (C=O) groups excluding carboxylic acids is 1. The quantitative estimate of drug-likeness (QED) is 0.377. The Kier molecular flexibility index (Phi) is 5.26. The lowest BCUT2D eigenvalue weighted by atomic mass is 10.0. The standard InChI is InChI=1S/C26H19ClN4O3/c1-15-4-3-5-20(27)23(15)25(32)31-22-12-18(21-13-30(2)14-28-21)10-11-19(22)24(29-31)16-6-8-17(9-7-16)26(33)34/h3-14H,1-2H3,(H,33,34). The normalized spacial score (nSPS) is 11.1. The SMILES string of the molecule is Cc1cccc(Cl)c1C(=O)n1nc(-c2ccc(C(=O)O)cc2)c2ccc(-c3cn(C)cn3)cc21. The first-order chi connectivity index (χ1) is 16.3. The van der Waals surface area contributed by atoms with E-state index < -0.39 is 5.97 Å². The van der Waals surface area contributed by atoms with E-state index in [2.05, 4.69) is 10.1 Å². The number of carbonyl (C=O) groups is 2. The summed E-state index contributed by atoms with van der Waals surface area (Å²) >= 11 is 6.40. The monoisotopic (exact) mass is 470 g/mol. The molecule has 0 aliphatic carbocycles. The van der Waals surface area contributed by atoms with Crippen molar-refractivity contribution >= 4 is 34.4 Å². The lowest BCUT2D eigenvalue weighted by Gasteiger charge is -2.08. The Morgan fingerprint density at radius 2 is 1.74 bits per heavy atom. The largest absolute Gasteiger partial charge is 0.478 e. The molecule has 7 nitrogen and oxygen atoms in total. The molecule has 0 saturated carbocycles. The van der Waals surface area contributed by atoms with Gasteiger partial charge in [-0.1, -0.05) is 41.9 Å². The molecule has 168 valence electrons. The lowest BCUT2D eigenvalue weighted by molar-refractivity contribution is 0.0696. The van der Waals surface area contributed by atoms with Gasteiger partial charge < -0.3 is 9.67 Å². The summed E-state index contributed by atoms with van der Waals surface area (Å²) in [6, 6.07) is 17.4. The third-order valence-electron chi connectivity index (χ3n) is 5.72. The molecule has 0 fully saturated rings. The van der Waals surface area contributed by atoms with Crippen LogP contribution in [0.3, 0.4) is 0 Å². The van der Waals surface area contributed by atoms with Crippen LogP contribution in [0, 0.1) is 6.92 Å². The molecule has 0 saturated heterocycles. The van der Waals surface area contributed by atoms with Crippen molar-refractivity contribution in [3.05, 3.63) is 94.9 Å². The van der Waals surface area contributed by atoms with Crippen LogP contribution in [0.4, 0.5) is 0 Å². The second-order valence-corrected chi connectivity index (χ2v) is 8.44. The molecule has 0 bridgehead atoms. The predicted octanol–water partition coefficient (Wildman–Crippen LogP) is 5.45. The van der Waals surface area contributed by atoms with Crippen LogP contribution in [0.1, 0.15) is 26.3 Å².